The molecule has 0 spiro atoms. The number of pyridine rings is 2. The number of amides is 1. The van der Waals surface area contributed by atoms with Crippen LogP contribution in [0, 0.1) is 6.92 Å². The Balaban J connectivity index is 1.79. The molecule has 0 aliphatic carbocycles. The number of benzene rings is 1. The minimum Gasteiger partial charge on any atom is -0.332 e. The van der Waals surface area contributed by atoms with Crippen molar-refractivity contribution < 1.29 is 4.79 Å². The summed E-state index contributed by atoms with van der Waals surface area (Å²) in [5, 5.41) is 0.959. The van der Waals surface area contributed by atoms with Gasteiger partial charge in [-0.25, -0.2) is 0 Å². The largest absolute Gasteiger partial charge is 0.332 e. The maximum absolute atomic E-state index is 13.6. The minimum absolute atomic E-state index is 0.0952. The van der Waals surface area contributed by atoms with E-state index in [1.807, 2.05) is 36.2 Å². The lowest BCUT2D eigenvalue weighted by Crippen LogP contribution is -2.38. The van der Waals surface area contributed by atoms with Gasteiger partial charge in [-0.05, 0) is 68.0 Å². The van der Waals surface area contributed by atoms with Gasteiger partial charge in [0, 0.05) is 30.0 Å². The van der Waals surface area contributed by atoms with Crippen molar-refractivity contribution in [3.63, 3.8) is 0 Å². The van der Waals surface area contributed by atoms with Gasteiger partial charge in [0.05, 0.1) is 17.1 Å². The molecule has 1 unspecified atom stereocenters. The first-order valence-corrected chi connectivity index (χ1v) is 9.78. The molecule has 4 rings (SSSR count). The summed E-state index contributed by atoms with van der Waals surface area (Å²) in [4.78, 5) is 24.6. The second-order valence-electron chi connectivity index (χ2n) is 7.31. The summed E-state index contributed by atoms with van der Waals surface area (Å²) < 4.78 is 0. The highest BCUT2D eigenvalue weighted by Gasteiger charge is 2.30. The predicted octanol–water partition coefficient (Wildman–Crippen LogP) is 4.87. The zero-order chi connectivity index (χ0) is 18.8. The molecular weight excluding hydrogens is 334 g/mol. The summed E-state index contributed by atoms with van der Waals surface area (Å²) >= 11 is 0. The standard InChI is InChI=1S/C23H25N3O/c1-3-17-9-10-21-19(14-17)20(13-16(2)25-21)23(27)26-12-5-4-8-22(26)18-7-6-11-24-15-18/h6-7,9-11,13-15,22H,3-5,8,12H2,1-2H3. The number of rotatable bonds is 3. The predicted molar refractivity (Wildman–Crippen MR) is 108 cm³/mol. The van der Waals surface area contributed by atoms with Gasteiger partial charge in [-0.1, -0.05) is 19.1 Å². The summed E-state index contributed by atoms with van der Waals surface area (Å²) in [7, 11) is 0. The highest BCUT2D eigenvalue weighted by molar-refractivity contribution is 6.06. The van der Waals surface area contributed by atoms with E-state index in [2.05, 4.69) is 35.1 Å². The Morgan fingerprint density at radius 3 is 2.89 bits per heavy atom. The third-order valence-electron chi connectivity index (χ3n) is 5.47. The first kappa shape index (κ1) is 17.7. The number of aromatic nitrogens is 2. The zero-order valence-electron chi connectivity index (χ0n) is 16.0. The average Bonchev–Trinajstić information content (AvgIpc) is 2.73. The molecule has 1 aromatic carbocycles. The van der Waals surface area contributed by atoms with Crippen LogP contribution in [-0.2, 0) is 6.42 Å². The van der Waals surface area contributed by atoms with Crippen molar-refractivity contribution in [2.45, 2.75) is 45.6 Å². The van der Waals surface area contributed by atoms with E-state index >= 15 is 0 Å². The molecule has 1 aliphatic rings. The highest BCUT2D eigenvalue weighted by Crippen LogP contribution is 2.33. The van der Waals surface area contributed by atoms with Crippen LogP contribution in [0.25, 0.3) is 10.9 Å². The number of likely N-dealkylation sites (tertiary alicyclic amines) is 1. The lowest BCUT2D eigenvalue weighted by molar-refractivity contribution is 0.0613. The van der Waals surface area contributed by atoms with Crippen molar-refractivity contribution >= 4 is 16.8 Å². The monoisotopic (exact) mass is 359 g/mol. The first-order valence-electron chi connectivity index (χ1n) is 9.78. The van der Waals surface area contributed by atoms with Crippen LogP contribution in [0.15, 0.2) is 48.8 Å². The van der Waals surface area contributed by atoms with Crippen LogP contribution in [0.2, 0.25) is 0 Å². The van der Waals surface area contributed by atoms with Gasteiger partial charge in [0.25, 0.3) is 5.91 Å². The van der Waals surface area contributed by atoms with Crippen LogP contribution < -0.4 is 0 Å². The molecule has 1 aliphatic heterocycles. The summed E-state index contributed by atoms with van der Waals surface area (Å²) in [6.45, 7) is 4.88. The van der Waals surface area contributed by atoms with Crippen molar-refractivity contribution in [1.29, 1.82) is 0 Å². The van der Waals surface area contributed by atoms with E-state index in [1.165, 1.54) is 5.56 Å². The molecule has 138 valence electrons. The van der Waals surface area contributed by atoms with Gasteiger partial charge >= 0.3 is 0 Å². The number of carbonyl (C=O) groups is 1. The Kier molecular flexibility index (Phi) is 4.88. The fourth-order valence-corrected chi connectivity index (χ4v) is 4.05. The molecule has 0 saturated carbocycles. The molecule has 0 radical (unpaired) electrons. The number of nitrogens with zero attached hydrogens (tertiary/aromatic N) is 3. The smallest absolute Gasteiger partial charge is 0.255 e. The summed E-state index contributed by atoms with van der Waals surface area (Å²) in [6.07, 6.45) is 7.79. The van der Waals surface area contributed by atoms with Gasteiger partial charge in [-0.3, -0.25) is 14.8 Å². The molecular formula is C23H25N3O. The fraction of sp³-hybridized carbons (Fsp3) is 0.348. The summed E-state index contributed by atoms with van der Waals surface area (Å²) in [5.74, 6) is 0.104. The van der Waals surface area contributed by atoms with Gasteiger partial charge in [0.1, 0.15) is 0 Å². The van der Waals surface area contributed by atoms with E-state index in [0.717, 1.165) is 60.0 Å². The number of aryl methyl sites for hydroxylation is 2. The SMILES string of the molecule is CCc1ccc2nc(C)cc(C(=O)N3CCCCC3c3cccnc3)c2c1. The lowest BCUT2D eigenvalue weighted by Gasteiger charge is -2.36. The van der Waals surface area contributed by atoms with E-state index in [9.17, 15) is 4.79 Å². The Bertz CT molecular complexity index is 968. The van der Waals surface area contributed by atoms with Crippen LogP contribution in [0.3, 0.4) is 0 Å². The van der Waals surface area contributed by atoms with Crippen LogP contribution >= 0.6 is 0 Å². The average molecular weight is 359 g/mol. The van der Waals surface area contributed by atoms with E-state index in [4.69, 9.17) is 0 Å². The highest BCUT2D eigenvalue weighted by atomic mass is 16.2. The lowest BCUT2D eigenvalue weighted by atomic mass is 9.94. The fourth-order valence-electron chi connectivity index (χ4n) is 4.05. The quantitative estimate of drug-likeness (QED) is 0.670. The Morgan fingerprint density at radius 2 is 2.11 bits per heavy atom. The maximum Gasteiger partial charge on any atom is 0.255 e. The van der Waals surface area contributed by atoms with Crippen LogP contribution in [0.5, 0.6) is 0 Å². The Hall–Kier alpha value is -2.75. The van der Waals surface area contributed by atoms with E-state index in [0.29, 0.717) is 0 Å². The normalized spacial score (nSPS) is 17.3. The Morgan fingerprint density at radius 1 is 1.22 bits per heavy atom. The first-order chi connectivity index (χ1) is 13.2. The van der Waals surface area contributed by atoms with Crippen molar-refractivity contribution in [2.75, 3.05) is 6.54 Å². The number of piperidine rings is 1. The molecule has 3 heterocycles. The minimum atomic E-state index is 0.0952. The molecule has 4 heteroatoms. The third kappa shape index (κ3) is 3.44. The van der Waals surface area contributed by atoms with Crippen molar-refractivity contribution in [1.82, 2.24) is 14.9 Å². The van der Waals surface area contributed by atoms with Crippen LogP contribution in [0.1, 0.15) is 59.4 Å². The van der Waals surface area contributed by atoms with E-state index in [1.54, 1.807) is 6.20 Å². The second kappa shape index (κ2) is 7.47. The van der Waals surface area contributed by atoms with Crippen molar-refractivity contribution in [2.24, 2.45) is 0 Å². The summed E-state index contributed by atoms with van der Waals surface area (Å²) in [6, 6.07) is 12.3. The van der Waals surface area contributed by atoms with Crippen molar-refractivity contribution in [3.05, 3.63) is 71.2 Å². The van der Waals surface area contributed by atoms with E-state index < -0.39 is 0 Å². The molecule has 1 atom stereocenters. The molecule has 0 N–H and O–H groups in total. The topological polar surface area (TPSA) is 46.1 Å². The van der Waals surface area contributed by atoms with Gasteiger partial charge in [0.2, 0.25) is 0 Å². The van der Waals surface area contributed by atoms with Gasteiger partial charge in [0.15, 0.2) is 0 Å². The number of carbonyl (C=O) groups excluding carboxylic acids is 1. The number of hydrogen-bond donors (Lipinski definition) is 0. The van der Waals surface area contributed by atoms with Crippen molar-refractivity contribution in [3.8, 4) is 0 Å². The molecule has 4 nitrogen and oxygen atoms in total. The molecule has 1 amide bonds. The molecule has 2 aromatic heterocycles. The summed E-state index contributed by atoms with van der Waals surface area (Å²) in [5.41, 5.74) is 4.89. The van der Waals surface area contributed by atoms with Gasteiger partial charge in [-0.15, -0.1) is 0 Å². The molecule has 3 aromatic rings. The van der Waals surface area contributed by atoms with Gasteiger partial charge in [-0.2, -0.15) is 0 Å². The van der Waals surface area contributed by atoms with E-state index in [-0.39, 0.29) is 11.9 Å². The second-order valence-corrected chi connectivity index (χ2v) is 7.31. The zero-order valence-corrected chi connectivity index (χ0v) is 16.0. The molecule has 1 saturated heterocycles. The van der Waals surface area contributed by atoms with Gasteiger partial charge < -0.3 is 4.90 Å². The maximum atomic E-state index is 13.6. The molecule has 1 fully saturated rings. The Labute approximate surface area is 160 Å². The van der Waals surface area contributed by atoms with Crippen LogP contribution in [0.4, 0.5) is 0 Å². The molecule has 0 bridgehead atoms. The third-order valence-corrected chi connectivity index (χ3v) is 5.47. The molecule has 27 heavy (non-hydrogen) atoms. The van der Waals surface area contributed by atoms with Crippen LogP contribution in [-0.4, -0.2) is 27.3 Å². The number of hydrogen-bond acceptors (Lipinski definition) is 3. The number of fused-ring (bicyclic) bond motifs is 1.